The second-order valence-corrected chi connectivity index (χ2v) is 6.51. The van der Waals surface area contributed by atoms with Gasteiger partial charge in [0.2, 0.25) is 0 Å². The van der Waals surface area contributed by atoms with Crippen LogP contribution in [0.3, 0.4) is 0 Å². The summed E-state index contributed by atoms with van der Waals surface area (Å²) in [6, 6.07) is 11.8. The number of halogens is 2. The summed E-state index contributed by atoms with van der Waals surface area (Å²) in [5.74, 6) is -0.242. The lowest BCUT2D eigenvalue weighted by molar-refractivity contribution is -0.119. The van der Waals surface area contributed by atoms with Crippen molar-refractivity contribution in [1.29, 1.82) is 0 Å². The van der Waals surface area contributed by atoms with Crippen LogP contribution in [0, 0.1) is 0 Å². The van der Waals surface area contributed by atoms with E-state index < -0.39 is 6.04 Å². The third-order valence-corrected chi connectivity index (χ3v) is 4.88. The van der Waals surface area contributed by atoms with Crippen molar-refractivity contribution in [1.82, 2.24) is 4.90 Å². The molecule has 2 aromatic rings. The zero-order chi connectivity index (χ0) is 16.1. The van der Waals surface area contributed by atoms with Crippen LogP contribution in [0.15, 0.2) is 42.5 Å². The molecule has 1 fully saturated rings. The van der Waals surface area contributed by atoms with Crippen LogP contribution in [0.25, 0.3) is 0 Å². The highest BCUT2D eigenvalue weighted by molar-refractivity contribution is 6.38. The van der Waals surface area contributed by atoms with Crippen LogP contribution in [0.4, 0.5) is 10.5 Å². The smallest absolute Gasteiger partial charge is 0.307 e. The summed E-state index contributed by atoms with van der Waals surface area (Å²) in [4.78, 5) is 28.3. The summed E-state index contributed by atoms with van der Waals surface area (Å²) in [5.41, 5.74) is 2.57. The van der Waals surface area contributed by atoms with Gasteiger partial charge in [0.25, 0.3) is 5.91 Å². The molecule has 2 aliphatic rings. The third-order valence-electron chi connectivity index (χ3n) is 4.34. The normalized spacial score (nSPS) is 19.8. The zero-order valence-corrected chi connectivity index (χ0v) is 13.5. The number of fused-ring (bicyclic) bond motifs is 2. The van der Waals surface area contributed by atoms with E-state index in [0.717, 1.165) is 16.0 Å². The van der Waals surface area contributed by atoms with Crippen molar-refractivity contribution in [2.75, 3.05) is 4.90 Å². The Kier molecular flexibility index (Phi) is 3.32. The Bertz CT molecular complexity index is 794. The van der Waals surface area contributed by atoms with Crippen LogP contribution in [-0.2, 0) is 17.8 Å². The molecule has 2 aromatic carbocycles. The van der Waals surface area contributed by atoms with Crippen LogP contribution < -0.4 is 4.90 Å². The number of amides is 3. The number of carbonyl (C=O) groups is 2. The molecule has 23 heavy (non-hydrogen) atoms. The highest BCUT2D eigenvalue weighted by Crippen LogP contribution is 2.36. The first-order chi connectivity index (χ1) is 11.1. The molecule has 1 saturated heterocycles. The standard InChI is InChI=1S/C17H12Cl2N2O2/c18-12-5-6-14(13(19)8-12)21-16(22)15-7-10-3-1-2-4-11(10)9-20(15)17(21)23/h1-6,8,15H,7,9H2/t15-/m0/s1. The van der Waals surface area contributed by atoms with E-state index in [1.54, 1.807) is 17.0 Å². The summed E-state index contributed by atoms with van der Waals surface area (Å²) in [6.45, 7) is 0.438. The zero-order valence-electron chi connectivity index (χ0n) is 12.0. The Balaban J connectivity index is 1.74. The van der Waals surface area contributed by atoms with Gasteiger partial charge in [0.05, 0.1) is 10.7 Å². The highest BCUT2D eigenvalue weighted by Gasteiger charge is 2.48. The fourth-order valence-corrected chi connectivity index (χ4v) is 3.69. The van der Waals surface area contributed by atoms with E-state index in [1.807, 2.05) is 24.3 Å². The Morgan fingerprint density at radius 3 is 2.48 bits per heavy atom. The molecule has 4 nitrogen and oxygen atoms in total. The average Bonchev–Trinajstić information content (AvgIpc) is 2.77. The fraction of sp³-hybridized carbons (Fsp3) is 0.176. The topological polar surface area (TPSA) is 40.6 Å². The van der Waals surface area contributed by atoms with E-state index in [-0.39, 0.29) is 17.0 Å². The number of anilines is 1. The lowest BCUT2D eigenvalue weighted by Gasteiger charge is -2.28. The number of hydrogen-bond donors (Lipinski definition) is 0. The van der Waals surface area contributed by atoms with Gasteiger partial charge >= 0.3 is 6.03 Å². The number of nitrogens with zero attached hydrogens (tertiary/aromatic N) is 2. The van der Waals surface area contributed by atoms with Crippen molar-refractivity contribution in [2.24, 2.45) is 0 Å². The first-order valence-corrected chi connectivity index (χ1v) is 7.98. The molecule has 4 rings (SSSR count). The molecular formula is C17H12Cl2N2O2. The molecule has 0 spiro atoms. The first kappa shape index (κ1) is 14.5. The van der Waals surface area contributed by atoms with Crippen LogP contribution in [0.2, 0.25) is 10.0 Å². The predicted octanol–water partition coefficient (Wildman–Crippen LogP) is 3.89. The van der Waals surface area contributed by atoms with Crippen LogP contribution in [0.1, 0.15) is 11.1 Å². The summed E-state index contributed by atoms with van der Waals surface area (Å²) in [6.07, 6.45) is 0.530. The molecule has 0 bridgehead atoms. The second kappa shape index (κ2) is 5.25. The van der Waals surface area contributed by atoms with Gasteiger partial charge in [-0.05, 0) is 29.3 Å². The molecular weight excluding hydrogens is 335 g/mol. The highest BCUT2D eigenvalue weighted by atomic mass is 35.5. The lowest BCUT2D eigenvalue weighted by Crippen LogP contribution is -2.39. The van der Waals surface area contributed by atoms with Gasteiger partial charge in [-0.15, -0.1) is 0 Å². The molecule has 6 heteroatoms. The van der Waals surface area contributed by atoms with E-state index in [9.17, 15) is 9.59 Å². The number of hydrogen-bond acceptors (Lipinski definition) is 2. The van der Waals surface area contributed by atoms with Gasteiger partial charge in [0.15, 0.2) is 0 Å². The Hall–Kier alpha value is -2.04. The van der Waals surface area contributed by atoms with Crippen molar-refractivity contribution in [3.8, 4) is 0 Å². The minimum atomic E-state index is -0.468. The first-order valence-electron chi connectivity index (χ1n) is 7.22. The van der Waals surface area contributed by atoms with Crippen LogP contribution >= 0.6 is 23.2 Å². The Labute approximate surface area is 143 Å². The Morgan fingerprint density at radius 1 is 1.00 bits per heavy atom. The number of imide groups is 1. The maximum atomic E-state index is 12.8. The SMILES string of the molecule is O=C1[C@@H]2Cc3ccccc3CN2C(=O)N1c1ccc(Cl)cc1Cl. The molecule has 0 saturated carbocycles. The summed E-state index contributed by atoms with van der Waals surface area (Å²) >= 11 is 12.1. The molecule has 0 unspecified atom stereocenters. The molecule has 1 atom stereocenters. The van der Waals surface area contributed by atoms with Crippen molar-refractivity contribution < 1.29 is 9.59 Å². The monoisotopic (exact) mass is 346 g/mol. The average molecular weight is 347 g/mol. The van der Waals surface area contributed by atoms with Crippen molar-refractivity contribution >= 4 is 40.8 Å². The molecule has 2 aliphatic heterocycles. The molecule has 116 valence electrons. The minimum Gasteiger partial charge on any atom is -0.307 e. The molecule has 0 aliphatic carbocycles. The number of urea groups is 1. The lowest BCUT2D eigenvalue weighted by atomic mass is 9.95. The number of carbonyl (C=O) groups excluding carboxylic acids is 2. The maximum Gasteiger partial charge on any atom is 0.332 e. The van der Waals surface area contributed by atoms with Gasteiger partial charge in [0.1, 0.15) is 6.04 Å². The van der Waals surface area contributed by atoms with E-state index in [4.69, 9.17) is 23.2 Å². The largest absolute Gasteiger partial charge is 0.332 e. The molecule has 0 N–H and O–H groups in total. The van der Waals surface area contributed by atoms with Crippen molar-refractivity contribution in [3.05, 3.63) is 63.6 Å². The van der Waals surface area contributed by atoms with Crippen LogP contribution in [0.5, 0.6) is 0 Å². The van der Waals surface area contributed by atoms with E-state index in [0.29, 0.717) is 23.7 Å². The summed E-state index contributed by atoms with van der Waals surface area (Å²) in [5, 5.41) is 0.750. The van der Waals surface area contributed by atoms with Gasteiger partial charge < -0.3 is 4.90 Å². The summed E-state index contributed by atoms with van der Waals surface area (Å²) in [7, 11) is 0. The van der Waals surface area contributed by atoms with Crippen molar-refractivity contribution in [2.45, 2.75) is 19.0 Å². The molecule has 0 radical (unpaired) electrons. The van der Waals surface area contributed by atoms with Gasteiger partial charge in [-0.1, -0.05) is 47.5 Å². The number of rotatable bonds is 1. The van der Waals surface area contributed by atoms with E-state index >= 15 is 0 Å². The third kappa shape index (κ3) is 2.21. The summed E-state index contributed by atoms with van der Waals surface area (Å²) < 4.78 is 0. The molecule has 3 amide bonds. The fourth-order valence-electron chi connectivity index (χ4n) is 3.20. The van der Waals surface area contributed by atoms with Gasteiger partial charge in [0, 0.05) is 18.0 Å². The maximum absolute atomic E-state index is 12.8. The van der Waals surface area contributed by atoms with Gasteiger partial charge in [-0.3, -0.25) is 4.79 Å². The molecule has 2 heterocycles. The number of benzene rings is 2. The van der Waals surface area contributed by atoms with E-state index in [2.05, 4.69) is 0 Å². The van der Waals surface area contributed by atoms with E-state index in [1.165, 1.54) is 6.07 Å². The van der Waals surface area contributed by atoms with Gasteiger partial charge in [-0.2, -0.15) is 0 Å². The Morgan fingerprint density at radius 2 is 1.74 bits per heavy atom. The van der Waals surface area contributed by atoms with Crippen LogP contribution in [-0.4, -0.2) is 22.9 Å². The second-order valence-electron chi connectivity index (χ2n) is 5.67. The van der Waals surface area contributed by atoms with Crippen molar-refractivity contribution in [3.63, 3.8) is 0 Å². The minimum absolute atomic E-state index is 0.242. The molecule has 0 aromatic heterocycles. The predicted molar refractivity (Wildman–Crippen MR) is 88.8 cm³/mol. The quantitative estimate of drug-likeness (QED) is 0.735. The van der Waals surface area contributed by atoms with Gasteiger partial charge in [-0.25, -0.2) is 9.69 Å².